The lowest BCUT2D eigenvalue weighted by Gasteiger charge is -2.17. The van der Waals surface area contributed by atoms with Crippen LogP contribution < -0.4 is 5.32 Å². The van der Waals surface area contributed by atoms with Gasteiger partial charge in [0.1, 0.15) is 5.54 Å². The zero-order valence-electron chi connectivity index (χ0n) is 10.8. The molecule has 1 aromatic rings. The zero-order chi connectivity index (χ0) is 13.1. The lowest BCUT2D eigenvalue weighted by atomic mass is 10.0. The quantitative estimate of drug-likeness (QED) is 0.866. The highest BCUT2D eigenvalue weighted by Gasteiger charge is 2.19. The largest absolute Gasteiger partial charge is 0.338 e. The van der Waals surface area contributed by atoms with Gasteiger partial charge in [-0.05, 0) is 44.4 Å². The fourth-order valence-corrected chi connectivity index (χ4v) is 1.52. The summed E-state index contributed by atoms with van der Waals surface area (Å²) in [6.07, 6.45) is 0.312. The molecular weight excluding hydrogens is 212 g/mol. The number of carbonyl (C=O) groups excluding carboxylic acids is 1. The second-order valence-electron chi connectivity index (χ2n) is 4.88. The summed E-state index contributed by atoms with van der Waals surface area (Å²) >= 11 is 0. The van der Waals surface area contributed by atoms with Gasteiger partial charge in [0.2, 0.25) is 5.91 Å². The van der Waals surface area contributed by atoms with Gasteiger partial charge in [-0.1, -0.05) is 18.2 Å². The third-order valence-electron chi connectivity index (χ3n) is 2.67. The molecule has 0 spiro atoms. The molecule has 3 nitrogen and oxygen atoms in total. The van der Waals surface area contributed by atoms with Gasteiger partial charge in [0.25, 0.3) is 0 Å². The minimum absolute atomic E-state index is 0.125. The zero-order valence-corrected chi connectivity index (χ0v) is 10.8. The van der Waals surface area contributed by atoms with Gasteiger partial charge < -0.3 is 5.32 Å². The molecule has 0 aromatic heterocycles. The van der Waals surface area contributed by atoms with E-state index in [1.807, 2.05) is 38.1 Å². The van der Waals surface area contributed by atoms with Gasteiger partial charge in [-0.25, -0.2) is 0 Å². The first-order chi connectivity index (χ1) is 7.84. The first kappa shape index (κ1) is 13.2. The Hall–Kier alpha value is -1.82. The van der Waals surface area contributed by atoms with Gasteiger partial charge in [0, 0.05) is 0 Å². The van der Waals surface area contributed by atoms with E-state index in [-0.39, 0.29) is 5.91 Å². The molecule has 0 bridgehead atoms. The molecule has 1 N–H and O–H groups in total. The highest BCUT2D eigenvalue weighted by molar-refractivity contribution is 5.79. The van der Waals surface area contributed by atoms with Crippen LogP contribution in [0.2, 0.25) is 0 Å². The lowest BCUT2D eigenvalue weighted by Crippen LogP contribution is -2.42. The number of carbonyl (C=O) groups is 1. The Kier molecular flexibility index (Phi) is 3.90. The van der Waals surface area contributed by atoms with Crippen LogP contribution in [0.3, 0.4) is 0 Å². The summed E-state index contributed by atoms with van der Waals surface area (Å²) < 4.78 is 0. The number of amides is 1. The molecular formula is C14H18N2O. The number of benzene rings is 1. The summed E-state index contributed by atoms with van der Waals surface area (Å²) in [6.45, 7) is 7.44. The van der Waals surface area contributed by atoms with E-state index >= 15 is 0 Å². The Morgan fingerprint density at radius 1 is 1.35 bits per heavy atom. The molecule has 0 aliphatic carbocycles. The lowest BCUT2D eigenvalue weighted by molar-refractivity contribution is -0.121. The average molecular weight is 230 g/mol. The van der Waals surface area contributed by atoms with E-state index in [1.54, 1.807) is 13.8 Å². The first-order valence-corrected chi connectivity index (χ1v) is 5.62. The van der Waals surface area contributed by atoms with Crippen LogP contribution in [0.1, 0.15) is 30.5 Å². The molecule has 0 radical (unpaired) electrons. The molecule has 1 rings (SSSR count). The molecule has 0 saturated heterocycles. The first-order valence-electron chi connectivity index (χ1n) is 5.62. The fourth-order valence-electron chi connectivity index (χ4n) is 1.52. The predicted octanol–water partition coefficient (Wildman–Crippen LogP) is 2.26. The van der Waals surface area contributed by atoms with Gasteiger partial charge in [-0.15, -0.1) is 0 Å². The van der Waals surface area contributed by atoms with E-state index in [0.29, 0.717) is 6.42 Å². The number of nitrogens with one attached hydrogen (secondary N) is 1. The van der Waals surface area contributed by atoms with Crippen molar-refractivity contribution >= 4 is 5.91 Å². The third kappa shape index (κ3) is 3.92. The van der Waals surface area contributed by atoms with Crippen molar-refractivity contribution in [1.82, 2.24) is 5.32 Å². The maximum Gasteiger partial charge on any atom is 0.225 e. The van der Waals surface area contributed by atoms with Gasteiger partial charge in [0.15, 0.2) is 0 Å². The molecule has 90 valence electrons. The van der Waals surface area contributed by atoms with Gasteiger partial charge in [0.05, 0.1) is 12.5 Å². The second-order valence-corrected chi connectivity index (χ2v) is 4.88. The molecule has 0 aliphatic heterocycles. The summed E-state index contributed by atoms with van der Waals surface area (Å²) in [5.74, 6) is -0.125. The van der Waals surface area contributed by atoms with Crippen molar-refractivity contribution in [3.63, 3.8) is 0 Å². The highest BCUT2D eigenvalue weighted by Crippen LogP contribution is 2.10. The molecule has 1 amide bonds. The van der Waals surface area contributed by atoms with Crippen LogP contribution in [-0.4, -0.2) is 11.4 Å². The number of aryl methyl sites for hydroxylation is 2. The minimum atomic E-state index is -0.809. The fraction of sp³-hybridized carbons (Fsp3) is 0.429. The van der Waals surface area contributed by atoms with E-state index in [1.165, 1.54) is 11.1 Å². The van der Waals surface area contributed by atoms with Crippen LogP contribution in [0.15, 0.2) is 18.2 Å². The number of hydrogen-bond donors (Lipinski definition) is 1. The normalized spacial score (nSPS) is 10.8. The number of nitrogens with zero attached hydrogens (tertiary/aromatic N) is 1. The predicted molar refractivity (Wildman–Crippen MR) is 67.5 cm³/mol. The van der Waals surface area contributed by atoms with Gasteiger partial charge in [-0.2, -0.15) is 5.26 Å². The van der Waals surface area contributed by atoms with Crippen molar-refractivity contribution in [2.45, 2.75) is 39.7 Å². The maximum absolute atomic E-state index is 11.7. The molecule has 3 heteroatoms. The smallest absolute Gasteiger partial charge is 0.225 e. The monoisotopic (exact) mass is 230 g/mol. The Morgan fingerprint density at radius 2 is 2.00 bits per heavy atom. The Morgan fingerprint density at radius 3 is 2.53 bits per heavy atom. The van der Waals surface area contributed by atoms with Gasteiger partial charge >= 0.3 is 0 Å². The maximum atomic E-state index is 11.7. The standard InChI is InChI=1S/C14H18N2O/c1-10-5-6-12(7-11(10)2)8-13(17)16-14(3,4)9-15/h5-7H,8H2,1-4H3,(H,16,17). The summed E-state index contributed by atoms with van der Waals surface area (Å²) in [6, 6.07) is 8.01. The van der Waals surface area contributed by atoms with E-state index in [9.17, 15) is 4.79 Å². The van der Waals surface area contributed by atoms with Crippen molar-refractivity contribution in [2.75, 3.05) is 0 Å². The summed E-state index contributed by atoms with van der Waals surface area (Å²) in [4.78, 5) is 11.7. The minimum Gasteiger partial charge on any atom is -0.338 e. The van der Waals surface area contributed by atoms with Gasteiger partial charge in [-0.3, -0.25) is 4.79 Å². The number of hydrogen-bond acceptors (Lipinski definition) is 2. The second kappa shape index (κ2) is 5.01. The third-order valence-corrected chi connectivity index (χ3v) is 2.67. The van der Waals surface area contributed by atoms with Crippen LogP contribution in [0.5, 0.6) is 0 Å². The molecule has 17 heavy (non-hydrogen) atoms. The molecule has 0 unspecified atom stereocenters. The number of rotatable bonds is 3. The van der Waals surface area contributed by atoms with Crippen LogP contribution in [0, 0.1) is 25.2 Å². The van der Waals surface area contributed by atoms with Crippen molar-refractivity contribution in [3.05, 3.63) is 34.9 Å². The Balaban J connectivity index is 2.69. The molecule has 0 aliphatic rings. The van der Waals surface area contributed by atoms with Crippen LogP contribution in [0.4, 0.5) is 0 Å². The Bertz CT molecular complexity index is 470. The van der Waals surface area contributed by atoms with Crippen molar-refractivity contribution in [2.24, 2.45) is 0 Å². The van der Waals surface area contributed by atoms with E-state index in [0.717, 1.165) is 5.56 Å². The van der Waals surface area contributed by atoms with E-state index < -0.39 is 5.54 Å². The van der Waals surface area contributed by atoms with Crippen molar-refractivity contribution < 1.29 is 4.79 Å². The Labute approximate surface area is 102 Å². The van der Waals surface area contributed by atoms with Crippen LogP contribution in [-0.2, 0) is 11.2 Å². The molecule has 0 saturated carbocycles. The molecule has 0 atom stereocenters. The highest BCUT2D eigenvalue weighted by atomic mass is 16.1. The van der Waals surface area contributed by atoms with Crippen LogP contribution >= 0.6 is 0 Å². The summed E-state index contributed by atoms with van der Waals surface area (Å²) in [7, 11) is 0. The van der Waals surface area contributed by atoms with Crippen LogP contribution in [0.25, 0.3) is 0 Å². The molecule has 1 aromatic carbocycles. The molecule has 0 fully saturated rings. The summed E-state index contributed by atoms with van der Waals surface area (Å²) in [5, 5.41) is 11.5. The van der Waals surface area contributed by atoms with Crippen molar-refractivity contribution in [3.8, 4) is 6.07 Å². The number of nitriles is 1. The van der Waals surface area contributed by atoms with E-state index in [4.69, 9.17) is 5.26 Å². The molecule has 0 heterocycles. The average Bonchev–Trinajstić information content (AvgIpc) is 2.23. The van der Waals surface area contributed by atoms with Crippen molar-refractivity contribution in [1.29, 1.82) is 5.26 Å². The van der Waals surface area contributed by atoms with E-state index in [2.05, 4.69) is 5.32 Å². The SMILES string of the molecule is Cc1ccc(CC(=O)NC(C)(C)C#N)cc1C. The topological polar surface area (TPSA) is 52.9 Å². The summed E-state index contributed by atoms with van der Waals surface area (Å²) in [5.41, 5.74) is 2.55.